The van der Waals surface area contributed by atoms with E-state index in [0.29, 0.717) is 6.04 Å². The molecular formula is C12H21N3. The number of aromatic nitrogens is 2. The van der Waals surface area contributed by atoms with Gasteiger partial charge in [-0.1, -0.05) is 13.3 Å². The van der Waals surface area contributed by atoms with E-state index in [-0.39, 0.29) is 0 Å². The fourth-order valence-electron chi connectivity index (χ4n) is 2.55. The molecule has 3 nitrogen and oxygen atoms in total. The molecule has 1 saturated carbocycles. The molecule has 0 aliphatic heterocycles. The van der Waals surface area contributed by atoms with Gasteiger partial charge in [0.05, 0.1) is 12.2 Å². The molecular weight excluding hydrogens is 186 g/mol. The topological polar surface area (TPSA) is 43.8 Å². The van der Waals surface area contributed by atoms with Crippen LogP contribution in [0.15, 0.2) is 6.20 Å². The van der Waals surface area contributed by atoms with Crippen LogP contribution in [-0.4, -0.2) is 9.78 Å². The molecule has 0 unspecified atom stereocenters. The van der Waals surface area contributed by atoms with Crippen LogP contribution >= 0.6 is 0 Å². The molecule has 1 aromatic heterocycles. The van der Waals surface area contributed by atoms with Crippen molar-refractivity contribution in [1.29, 1.82) is 0 Å². The standard InChI is InChI=1S/C12H21N3/c1-3-10-4-6-11(7-5-10)15-12(13)9(2)8-14-15/h8,10-11H,3-7,13H2,1-2H3. The fourth-order valence-corrected chi connectivity index (χ4v) is 2.55. The Morgan fingerprint density at radius 1 is 1.40 bits per heavy atom. The number of rotatable bonds is 2. The van der Waals surface area contributed by atoms with Crippen molar-refractivity contribution in [2.24, 2.45) is 5.92 Å². The first kappa shape index (κ1) is 10.5. The highest BCUT2D eigenvalue weighted by Gasteiger charge is 2.23. The molecule has 1 heterocycles. The van der Waals surface area contributed by atoms with Crippen LogP contribution in [0.25, 0.3) is 0 Å². The summed E-state index contributed by atoms with van der Waals surface area (Å²) in [4.78, 5) is 0. The Bertz CT molecular complexity index is 322. The first-order chi connectivity index (χ1) is 7.22. The van der Waals surface area contributed by atoms with Crippen LogP contribution in [0.2, 0.25) is 0 Å². The molecule has 0 amide bonds. The zero-order valence-corrected chi connectivity index (χ0v) is 9.74. The normalized spacial score (nSPS) is 26.8. The predicted molar refractivity (Wildman–Crippen MR) is 62.7 cm³/mol. The Balaban J connectivity index is 2.04. The zero-order valence-electron chi connectivity index (χ0n) is 9.74. The van der Waals surface area contributed by atoms with Gasteiger partial charge in [-0.15, -0.1) is 0 Å². The van der Waals surface area contributed by atoms with E-state index in [1.807, 2.05) is 17.8 Å². The van der Waals surface area contributed by atoms with Gasteiger partial charge in [-0.25, -0.2) is 4.68 Å². The van der Waals surface area contributed by atoms with Gasteiger partial charge >= 0.3 is 0 Å². The monoisotopic (exact) mass is 207 g/mol. The fraction of sp³-hybridized carbons (Fsp3) is 0.750. The van der Waals surface area contributed by atoms with Crippen molar-refractivity contribution >= 4 is 5.82 Å². The van der Waals surface area contributed by atoms with Crippen LogP contribution in [0.3, 0.4) is 0 Å². The maximum absolute atomic E-state index is 6.00. The summed E-state index contributed by atoms with van der Waals surface area (Å²) in [5.41, 5.74) is 7.11. The average molecular weight is 207 g/mol. The summed E-state index contributed by atoms with van der Waals surface area (Å²) in [6.45, 7) is 4.31. The summed E-state index contributed by atoms with van der Waals surface area (Å²) in [5.74, 6) is 1.79. The van der Waals surface area contributed by atoms with E-state index in [0.717, 1.165) is 17.3 Å². The van der Waals surface area contributed by atoms with Crippen LogP contribution in [0.4, 0.5) is 5.82 Å². The lowest BCUT2D eigenvalue weighted by atomic mass is 9.84. The van der Waals surface area contributed by atoms with Crippen LogP contribution < -0.4 is 5.73 Å². The second kappa shape index (κ2) is 4.25. The van der Waals surface area contributed by atoms with E-state index in [9.17, 15) is 0 Å². The molecule has 0 saturated heterocycles. The van der Waals surface area contributed by atoms with Gasteiger partial charge in [0.15, 0.2) is 0 Å². The number of anilines is 1. The van der Waals surface area contributed by atoms with E-state index >= 15 is 0 Å². The number of nitrogens with two attached hydrogens (primary N) is 1. The highest BCUT2D eigenvalue weighted by molar-refractivity contribution is 5.37. The second-order valence-electron chi connectivity index (χ2n) is 4.74. The highest BCUT2D eigenvalue weighted by atomic mass is 15.3. The van der Waals surface area contributed by atoms with Crippen molar-refractivity contribution in [2.45, 2.75) is 52.0 Å². The Morgan fingerprint density at radius 3 is 2.53 bits per heavy atom. The molecule has 0 atom stereocenters. The van der Waals surface area contributed by atoms with Crippen LogP contribution in [-0.2, 0) is 0 Å². The highest BCUT2D eigenvalue weighted by Crippen LogP contribution is 2.34. The lowest BCUT2D eigenvalue weighted by Crippen LogP contribution is -2.20. The predicted octanol–water partition coefficient (Wildman–Crippen LogP) is 2.92. The number of nitrogen functional groups attached to an aromatic ring is 1. The summed E-state index contributed by atoms with van der Waals surface area (Å²) >= 11 is 0. The molecule has 0 spiro atoms. The van der Waals surface area contributed by atoms with Crippen molar-refractivity contribution in [1.82, 2.24) is 9.78 Å². The summed E-state index contributed by atoms with van der Waals surface area (Å²) < 4.78 is 2.03. The van der Waals surface area contributed by atoms with E-state index in [2.05, 4.69) is 12.0 Å². The Hall–Kier alpha value is -0.990. The third-order valence-corrected chi connectivity index (χ3v) is 3.77. The van der Waals surface area contributed by atoms with Gasteiger partial charge in [-0.3, -0.25) is 0 Å². The Kier molecular flexibility index (Phi) is 2.98. The second-order valence-corrected chi connectivity index (χ2v) is 4.74. The molecule has 2 rings (SSSR count). The first-order valence-corrected chi connectivity index (χ1v) is 6.02. The molecule has 1 aliphatic rings. The van der Waals surface area contributed by atoms with Crippen molar-refractivity contribution in [3.05, 3.63) is 11.8 Å². The maximum atomic E-state index is 6.00. The van der Waals surface area contributed by atoms with E-state index in [1.54, 1.807) is 0 Å². The maximum Gasteiger partial charge on any atom is 0.124 e. The number of hydrogen-bond acceptors (Lipinski definition) is 2. The van der Waals surface area contributed by atoms with Crippen LogP contribution in [0.5, 0.6) is 0 Å². The van der Waals surface area contributed by atoms with Crippen LogP contribution in [0.1, 0.15) is 50.6 Å². The number of aryl methyl sites for hydroxylation is 1. The summed E-state index contributed by atoms with van der Waals surface area (Å²) in [6, 6.07) is 0.543. The van der Waals surface area contributed by atoms with Gasteiger partial charge in [0.2, 0.25) is 0 Å². The van der Waals surface area contributed by atoms with Gasteiger partial charge in [0.1, 0.15) is 5.82 Å². The molecule has 0 aromatic carbocycles. The van der Waals surface area contributed by atoms with Crippen molar-refractivity contribution < 1.29 is 0 Å². The molecule has 3 heteroatoms. The first-order valence-electron chi connectivity index (χ1n) is 6.02. The van der Waals surface area contributed by atoms with Crippen molar-refractivity contribution in [3.8, 4) is 0 Å². The Labute approximate surface area is 91.7 Å². The molecule has 1 aromatic rings. The van der Waals surface area contributed by atoms with Crippen molar-refractivity contribution in [3.63, 3.8) is 0 Å². The molecule has 2 N–H and O–H groups in total. The van der Waals surface area contributed by atoms with Crippen LogP contribution in [0, 0.1) is 12.8 Å². The summed E-state index contributed by atoms with van der Waals surface area (Å²) in [7, 11) is 0. The molecule has 0 bridgehead atoms. The molecule has 1 aliphatic carbocycles. The lowest BCUT2D eigenvalue weighted by molar-refractivity contribution is 0.258. The van der Waals surface area contributed by atoms with Gasteiger partial charge in [0, 0.05) is 5.56 Å². The SMILES string of the molecule is CCC1CCC(n2ncc(C)c2N)CC1. The zero-order chi connectivity index (χ0) is 10.8. The minimum atomic E-state index is 0.543. The number of hydrogen-bond donors (Lipinski definition) is 1. The largest absolute Gasteiger partial charge is 0.384 e. The average Bonchev–Trinajstić information content (AvgIpc) is 2.60. The number of nitrogens with zero attached hydrogens (tertiary/aromatic N) is 2. The molecule has 0 radical (unpaired) electrons. The minimum absolute atomic E-state index is 0.543. The molecule has 15 heavy (non-hydrogen) atoms. The quantitative estimate of drug-likeness (QED) is 0.810. The van der Waals surface area contributed by atoms with Gasteiger partial charge in [0.25, 0.3) is 0 Å². The molecule has 84 valence electrons. The van der Waals surface area contributed by atoms with E-state index in [1.165, 1.54) is 32.1 Å². The Morgan fingerprint density at radius 2 is 2.07 bits per heavy atom. The van der Waals surface area contributed by atoms with E-state index in [4.69, 9.17) is 5.73 Å². The minimum Gasteiger partial charge on any atom is -0.384 e. The summed E-state index contributed by atoms with van der Waals surface area (Å²) in [5, 5.41) is 4.38. The van der Waals surface area contributed by atoms with E-state index < -0.39 is 0 Å². The summed E-state index contributed by atoms with van der Waals surface area (Å²) in [6.07, 6.45) is 8.34. The third-order valence-electron chi connectivity index (χ3n) is 3.77. The van der Waals surface area contributed by atoms with Crippen molar-refractivity contribution in [2.75, 3.05) is 5.73 Å². The smallest absolute Gasteiger partial charge is 0.124 e. The van der Waals surface area contributed by atoms with Gasteiger partial charge in [-0.2, -0.15) is 5.10 Å². The molecule has 1 fully saturated rings. The third kappa shape index (κ3) is 2.01. The van der Waals surface area contributed by atoms with Gasteiger partial charge in [-0.05, 0) is 38.5 Å². The van der Waals surface area contributed by atoms with Gasteiger partial charge < -0.3 is 5.73 Å². The lowest BCUT2D eigenvalue weighted by Gasteiger charge is -2.28.